The van der Waals surface area contributed by atoms with Crippen molar-refractivity contribution in [2.24, 2.45) is 16.6 Å². The number of ketones is 1. The first-order valence-corrected chi connectivity index (χ1v) is 6.98. The fourth-order valence-corrected chi connectivity index (χ4v) is 2.96. The molecule has 2 heterocycles. The fourth-order valence-electron chi connectivity index (χ4n) is 2.96. The van der Waals surface area contributed by atoms with Crippen LogP contribution in [0.2, 0.25) is 0 Å². The van der Waals surface area contributed by atoms with E-state index in [1.165, 1.54) is 4.90 Å². The van der Waals surface area contributed by atoms with E-state index in [0.29, 0.717) is 16.8 Å². The molecule has 1 aromatic carbocycles. The monoisotopic (exact) mass is 293 g/mol. The summed E-state index contributed by atoms with van der Waals surface area (Å²) in [5.74, 6) is -2.99. The Bertz CT molecular complexity index is 640. The van der Waals surface area contributed by atoms with Gasteiger partial charge in [-0.2, -0.15) is 0 Å². The lowest BCUT2D eigenvalue weighted by molar-refractivity contribution is -0.0249. The van der Waals surface area contributed by atoms with Crippen molar-refractivity contribution in [3.05, 3.63) is 29.3 Å². The average molecular weight is 293 g/mol. The van der Waals surface area contributed by atoms with Crippen LogP contribution in [-0.4, -0.2) is 29.1 Å². The van der Waals surface area contributed by atoms with Crippen molar-refractivity contribution < 1.29 is 13.6 Å². The Morgan fingerprint density at radius 1 is 1.48 bits per heavy atom. The van der Waals surface area contributed by atoms with Gasteiger partial charge in [0.1, 0.15) is 6.04 Å². The zero-order chi connectivity index (χ0) is 15.4. The minimum atomic E-state index is -2.87. The number of hydrogen-bond donors (Lipinski definition) is 1. The first-order chi connectivity index (χ1) is 9.81. The van der Waals surface area contributed by atoms with Gasteiger partial charge in [0.15, 0.2) is 11.7 Å². The lowest BCUT2D eigenvalue weighted by Crippen LogP contribution is -2.42. The highest BCUT2D eigenvalue weighted by Gasteiger charge is 2.52. The van der Waals surface area contributed by atoms with Crippen LogP contribution in [0.5, 0.6) is 0 Å². The molecule has 1 unspecified atom stereocenters. The summed E-state index contributed by atoms with van der Waals surface area (Å²) in [6.45, 7) is 3.75. The number of hydrogen-bond acceptors (Lipinski definition) is 4. The molecule has 6 heteroatoms. The molecular formula is C15H17F2N3O. The van der Waals surface area contributed by atoms with Crippen LogP contribution in [0.1, 0.15) is 42.2 Å². The normalized spacial score (nSPS) is 22.8. The molecule has 2 N–H and O–H groups in total. The van der Waals surface area contributed by atoms with Crippen LogP contribution < -0.4 is 5.73 Å². The zero-order valence-corrected chi connectivity index (χ0v) is 11.9. The van der Waals surface area contributed by atoms with Gasteiger partial charge in [-0.15, -0.1) is 0 Å². The number of benzene rings is 1. The van der Waals surface area contributed by atoms with E-state index in [1.807, 2.05) is 0 Å². The number of nitrogens with zero attached hydrogens (tertiary/aromatic N) is 2. The van der Waals surface area contributed by atoms with Gasteiger partial charge in [0.2, 0.25) is 0 Å². The highest BCUT2D eigenvalue weighted by molar-refractivity contribution is 5.98. The summed E-state index contributed by atoms with van der Waals surface area (Å²) in [4.78, 5) is 17.7. The van der Waals surface area contributed by atoms with E-state index in [1.54, 1.807) is 32.0 Å². The molecule has 1 fully saturated rings. The third-order valence-electron chi connectivity index (χ3n) is 4.06. The summed E-state index contributed by atoms with van der Waals surface area (Å²) in [6, 6.07) is 3.65. The summed E-state index contributed by atoms with van der Waals surface area (Å²) < 4.78 is 28.4. The SMILES string of the molecule is CC(C)C(=O)c1ccc2c(c1)C1N(CCC1(F)F)C(N)=N2. The Hall–Kier alpha value is -1.98. The van der Waals surface area contributed by atoms with Crippen molar-refractivity contribution in [3.63, 3.8) is 0 Å². The summed E-state index contributed by atoms with van der Waals surface area (Å²) in [5, 5.41) is 0. The quantitative estimate of drug-likeness (QED) is 0.853. The highest BCUT2D eigenvalue weighted by atomic mass is 19.3. The molecule has 0 saturated carbocycles. The molecule has 0 aliphatic carbocycles. The largest absolute Gasteiger partial charge is 0.369 e. The van der Waals surface area contributed by atoms with Crippen LogP contribution in [0.25, 0.3) is 0 Å². The van der Waals surface area contributed by atoms with Gasteiger partial charge in [-0.05, 0) is 18.2 Å². The standard InChI is InChI=1S/C15H17F2N3O/c1-8(2)12(21)9-3-4-11-10(7-9)13-15(16,17)5-6-20(13)14(18)19-11/h3-4,7-8,13H,5-6H2,1-2H3,(H2,18,19). The number of guanidine groups is 1. The van der Waals surface area contributed by atoms with Crippen molar-refractivity contribution >= 4 is 17.4 Å². The van der Waals surface area contributed by atoms with Gasteiger partial charge in [0.25, 0.3) is 5.92 Å². The number of carbonyl (C=O) groups excluding carboxylic acids is 1. The molecule has 112 valence electrons. The Labute approximate surface area is 121 Å². The Balaban J connectivity index is 2.12. The molecule has 1 saturated heterocycles. The van der Waals surface area contributed by atoms with E-state index < -0.39 is 12.0 Å². The van der Waals surface area contributed by atoms with Crippen molar-refractivity contribution in [2.75, 3.05) is 6.54 Å². The summed E-state index contributed by atoms with van der Waals surface area (Å²) in [7, 11) is 0. The average Bonchev–Trinajstić information content (AvgIpc) is 2.74. The molecular weight excluding hydrogens is 276 g/mol. The Morgan fingerprint density at radius 3 is 2.86 bits per heavy atom. The van der Waals surface area contributed by atoms with Crippen molar-refractivity contribution in [2.45, 2.75) is 32.2 Å². The van der Waals surface area contributed by atoms with Crippen LogP contribution >= 0.6 is 0 Å². The van der Waals surface area contributed by atoms with E-state index in [4.69, 9.17) is 5.73 Å². The summed E-state index contributed by atoms with van der Waals surface area (Å²) in [5.41, 5.74) is 7.04. The second kappa shape index (κ2) is 4.51. The van der Waals surface area contributed by atoms with E-state index >= 15 is 0 Å². The summed E-state index contributed by atoms with van der Waals surface area (Å²) in [6.07, 6.45) is -0.254. The Kier molecular flexibility index (Phi) is 3.00. The van der Waals surface area contributed by atoms with Gasteiger partial charge in [-0.25, -0.2) is 13.8 Å². The van der Waals surface area contributed by atoms with Gasteiger partial charge in [-0.3, -0.25) is 4.79 Å². The first-order valence-electron chi connectivity index (χ1n) is 6.98. The molecule has 0 radical (unpaired) electrons. The van der Waals surface area contributed by atoms with E-state index in [-0.39, 0.29) is 30.6 Å². The smallest absolute Gasteiger partial charge is 0.274 e. The first kappa shape index (κ1) is 14.0. The molecule has 2 aliphatic heterocycles. The number of rotatable bonds is 2. The molecule has 2 aliphatic rings. The van der Waals surface area contributed by atoms with Crippen molar-refractivity contribution in [1.29, 1.82) is 0 Å². The molecule has 0 amide bonds. The molecule has 3 rings (SSSR count). The number of alkyl halides is 2. The maximum absolute atomic E-state index is 14.2. The predicted molar refractivity (Wildman–Crippen MR) is 75.9 cm³/mol. The van der Waals surface area contributed by atoms with Gasteiger partial charge in [-0.1, -0.05) is 13.8 Å². The van der Waals surface area contributed by atoms with E-state index in [0.717, 1.165) is 0 Å². The van der Waals surface area contributed by atoms with Crippen LogP contribution in [0, 0.1) is 5.92 Å². The van der Waals surface area contributed by atoms with Gasteiger partial charge in [0, 0.05) is 30.0 Å². The second-order valence-corrected chi connectivity index (χ2v) is 5.87. The number of halogens is 2. The van der Waals surface area contributed by atoms with E-state index in [9.17, 15) is 13.6 Å². The molecule has 1 aromatic rings. The topological polar surface area (TPSA) is 58.7 Å². The Morgan fingerprint density at radius 2 is 2.19 bits per heavy atom. The van der Waals surface area contributed by atoms with Crippen molar-refractivity contribution in [3.8, 4) is 0 Å². The summed E-state index contributed by atoms with van der Waals surface area (Å²) >= 11 is 0. The van der Waals surface area contributed by atoms with Crippen LogP contribution in [0.4, 0.5) is 14.5 Å². The number of aliphatic imine (C=N–C) groups is 1. The zero-order valence-electron chi connectivity index (χ0n) is 11.9. The predicted octanol–water partition coefficient (Wildman–Crippen LogP) is 2.87. The van der Waals surface area contributed by atoms with Crippen LogP contribution in [0.3, 0.4) is 0 Å². The number of fused-ring (bicyclic) bond motifs is 3. The van der Waals surface area contributed by atoms with E-state index in [2.05, 4.69) is 4.99 Å². The van der Waals surface area contributed by atoms with Gasteiger partial charge in [0.05, 0.1) is 5.69 Å². The fraction of sp³-hybridized carbons (Fsp3) is 0.467. The number of Topliss-reactive ketones (excluding diaryl/α,β-unsaturated/α-hetero) is 1. The van der Waals surface area contributed by atoms with Crippen molar-refractivity contribution in [1.82, 2.24) is 4.90 Å². The number of carbonyl (C=O) groups is 1. The molecule has 0 aromatic heterocycles. The maximum Gasteiger partial charge on any atom is 0.274 e. The van der Waals surface area contributed by atoms with Gasteiger partial charge < -0.3 is 10.6 Å². The molecule has 0 spiro atoms. The number of nitrogens with two attached hydrogens (primary N) is 1. The molecule has 4 nitrogen and oxygen atoms in total. The minimum Gasteiger partial charge on any atom is -0.369 e. The van der Waals surface area contributed by atoms with Crippen LogP contribution in [0.15, 0.2) is 23.2 Å². The lowest BCUT2D eigenvalue weighted by atomic mass is 9.93. The third kappa shape index (κ3) is 2.09. The maximum atomic E-state index is 14.2. The third-order valence-corrected chi connectivity index (χ3v) is 4.06. The highest BCUT2D eigenvalue weighted by Crippen LogP contribution is 2.49. The lowest BCUT2D eigenvalue weighted by Gasteiger charge is -2.33. The molecule has 0 bridgehead atoms. The molecule has 1 atom stereocenters. The minimum absolute atomic E-state index is 0.0619. The second-order valence-electron chi connectivity index (χ2n) is 5.87. The molecule has 21 heavy (non-hydrogen) atoms. The van der Waals surface area contributed by atoms with Crippen LogP contribution in [-0.2, 0) is 0 Å². The van der Waals surface area contributed by atoms with Gasteiger partial charge >= 0.3 is 0 Å².